The van der Waals surface area contributed by atoms with Crippen molar-refractivity contribution in [3.05, 3.63) is 0 Å². The molecule has 86 valence electrons. The predicted octanol–water partition coefficient (Wildman–Crippen LogP) is 1.56. The van der Waals surface area contributed by atoms with Crippen LogP contribution in [0.5, 0.6) is 0 Å². The zero-order valence-electron chi connectivity index (χ0n) is 9.59. The van der Waals surface area contributed by atoms with Crippen LogP contribution >= 0.6 is 0 Å². The number of nitrogens with one attached hydrogen (secondary N) is 1. The third kappa shape index (κ3) is 2.33. The fraction of sp³-hybridized carbons (Fsp3) is 0.917. The van der Waals surface area contributed by atoms with E-state index < -0.39 is 5.54 Å². The number of carbonyl (C=O) groups excluding carboxylic acids is 1. The first-order chi connectivity index (χ1) is 7.10. The van der Waals surface area contributed by atoms with E-state index in [1.54, 1.807) is 0 Å². The van der Waals surface area contributed by atoms with E-state index in [1.807, 2.05) is 0 Å². The molecule has 15 heavy (non-hydrogen) atoms. The Balaban J connectivity index is 1.83. The lowest BCUT2D eigenvalue weighted by Crippen LogP contribution is -2.58. The van der Waals surface area contributed by atoms with Gasteiger partial charge in [-0.2, -0.15) is 0 Å². The Morgan fingerprint density at radius 2 is 1.87 bits per heavy atom. The van der Waals surface area contributed by atoms with Crippen LogP contribution in [0, 0.1) is 5.92 Å². The fourth-order valence-electron chi connectivity index (χ4n) is 2.76. The molecule has 1 amide bonds. The lowest BCUT2D eigenvalue weighted by atomic mass is 9.79. The fourth-order valence-corrected chi connectivity index (χ4v) is 2.76. The van der Waals surface area contributed by atoms with Gasteiger partial charge in [0.1, 0.15) is 0 Å². The molecule has 3 heteroatoms. The van der Waals surface area contributed by atoms with Crippen LogP contribution in [0.15, 0.2) is 0 Å². The summed E-state index contributed by atoms with van der Waals surface area (Å²) in [5.41, 5.74) is 5.59. The molecule has 2 aliphatic rings. The molecule has 0 aromatic heterocycles. The van der Waals surface area contributed by atoms with E-state index in [-0.39, 0.29) is 5.91 Å². The lowest BCUT2D eigenvalue weighted by Gasteiger charge is -2.38. The van der Waals surface area contributed by atoms with Crippen LogP contribution in [0.1, 0.15) is 51.9 Å². The standard InChI is InChI=1S/C12H22N2O/c1-9-7-10(8-9)14-11(15)12(13)5-3-2-4-6-12/h9-10H,2-8,13H2,1H3,(H,14,15). The van der Waals surface area contributed by atoms with Gasteiger partial charge >= 0.3 is 0 Å². The summed E-state index contributed by atoms with van der Waals surface area (Å²) in [4.78, 5) is 12.0. The highest BCUT2D eigenvalue weighted by Gasteiger charge is 2.37. The molecule has 0 spiro atoms. The van der Waals surface area contributed by atoms with Gasteiger partial charge in [0.05, 0.1) is 5.54 Å². The summed E-state index contributed by atoms with van der Waals surface area (Å²) in [6.07, 6.45) is 7.41. The Morgan fingerprint density at radius 1 is 1.27 bits per heavy atom. The second-order valence-corrected chi connectivity index (χ2v) is 5.46. The minimum absolute atomic E-state index is 0.0964. The average Bonchev–Trinajstić information content (AvgIpc) is 2.16. The largest absolute Gasteiger partial charge is 0.352 e. The molecule has 0 radical (unpaired) electrons. The minimum Gasteiger partial charge on any atom is -0.352 e. The SMILES string of the molecule is CC1CC(NC(=O)C2(N)CCCCC2)C1. The molecule has 3 nitrogen and oxygen atoms in total. The Hall–Kier alpha value is -0.570. The first-order valence-electron chi connectivity index (χ1n) is 6.20. The molecule has 3 N–H and O–H groups in total. The summed E-state index contributed by atoms with van der Waals surface area (Å²) in [5, 5.41) is 3.09. The second kappa shape index (κ2) is 4.12. The summed E-state index contributed by atoms with van der Waals surface area (Å²) in [6.45, 7) is 2.22. The molecule has 2 saturated carbocycles. The van der Waals surface area contributed by atoms with Crippen molar-refractivity contribution < 1.29 is 4.79 Å². The lowest BCUT2D eigenvalue weighted by molar-refractivity contribution is -0.129. The van der Waals surface area contributed by atoms with Gasteiger partial charge in [-0.3, -0.25) is 4.79 Å². The van der Waals surface area contributed by atoms with Gasteiger partial charge in [-0.15, -0.1) is 0 Å². The summed E-state index contributed by atoms with van der Waals surface area (Å²) >= 11 is 0. The van der Waals surface area contributed by atoms with Crippen molar-refractivity contribution in [2.75, 3.05) is 0 Å². The zero-order chi connectivity index (χ0) is 10.9. The highest BCUT2D eigenvalue weighted by atomic mass is 16.2. The van der Waals surface area contributed by atoms with Crippen molar-refractivity contribution in [2.24, 2.45) is 11.7 Å². The molecule has 0 aliphatic heterocycles. The van der Waals surface area contributed by atoms with Crippen LogP contribution in [0.2, 0.25) is 0 Å². The molecule has 0 bridgehead atoms. The molecule has 0 aromatic carbocycles. The van der Waals surface area contributed by atoms with Crippen LogP contribution in [-0.2, 0) is 4.79 Å². The van der Waals surface area contributed by atoms with Gasteiger partial charge < -0.3 is 11.1 Å². The van der Waals surface area contributed by atoms with E-state index in [4.69, 9.17) is 5.73 Å². The van der Waals surface area contributed by atoms with Crippen LogP contribution in [-0.4, -0.2) is 17.5 Å². The topological polar surface area (TPSA) is 55.1 Å². The van der Waals surface area contributed by atoms with E-state index >= 15 is 0 Å². The number of carbonyl (C=O) groups is 1. The van der Waals surface area contributed by atoms with E-state index in [9.17, 15) is 4.79 Å². The summed E-state index contributed by atoms with van der Waals surface area (Å²) < 4.78 is 0. The number of hydrogen-bond donors (Lipinski definition) is 2. The molecule has 0 atom stereocenters. The first kappa shape index (κ1) is 10.9. The first-order valence-corrected chi connectivity index (χ1v) is 6.20. The maximum absolute atomic E-state index is 12.0. The Labute approximate surface area is 91.8 Å². The van der Waals surface area contributed by atoms with Gasteiger partial charge in [-0.25, -0.2) is 0 Å². The predicted molar refractivity (Wildman–Crippen MR) is 60.3 cm³/mol. The summed E-state index contributed by atoms with van der Waals surface area (Å²) in [7, 11) is 0. The normalized spacial score (nSPS) is 34.3. The van der Waals surface area contributed by atoms with E-state index in [0.717, 1.165) is 44.4 Å². The molecule has 2 rings (SSSR count). The molecule has 0 saturated heterocycles. The highest BCUT2D eigenvalue weighted by molar-refractivity contribution is 5.86. The van der Waals surface area contributed by atoms with Crippen molar-refractivity contribution in [2.45, 2.75) is 63.5 Å². The number of hydrogen-bond acceptors (Lipinski definition) is 2. The Bertz CT molecular complexity index is 240. The smallest absolute Gasteiger partial charge is 0.240 e. The molecule has 2 aliphatic carbocycles. The molecular weight excluding hydrogens is 188 g/mol. The van der Waals surface area contributed by atoms with Gasteiger partial charge in [-0.05, 0) is 31.6 Å². The zero-order valence-corrected chi connectivity index (χ0v) is 9.59. The van der Waals surface area contributed by atoms with Gasteiger partial charge in [-0.1, -0.05) is 26.2 Å². The third-order valence-electron chi connectivity index (χ3n) is 3.91. The van der Waals surface area contributed by atoms with Crippen LogP contribution in [0.3, 0.4) is 0 Å². The van der Waals surface area contributed by atoms with Crippen molar-refractivity contribution in [1.82, 2.24) is 5.32 Å². The summed E-state index contributed by atoms with van der Waals surface area (Å²) in [5.74, 6) is 0.870. The van der Waals surface area contributed by atoms with Gasteiger partial charge in [0.25, 0.3) is 0 Å². The number of nitrogens with two attached hydrogens (primary N) is 1. The number of rotatable bonds is 2. The third-order valence-corrected chi connectivity index (χ3v) is 3.91. The van der Waals surface area contributed by atoms with Gasteiger partial charge in [0.2, 0.25) is 5.91 Å². The second-order valence-electron chi connectivity index (χ2n) is 5.46. The molecule has 0 unspecified atom stereocenters. The molecular formula is C12H22N2O. The van der Waals surface area contributed by atoms with Gasteiger partial charge in [0.15, 0.2) is 0 Å². The van der Waals surface area contributed by atoms with Crippen molar-refractivity contribution in [3.63, 3.8) is 0 Å². The molecule has 0 heterocycles. The van der Waals surface area contributed by atoms with Crippen molar-refractivity contribution in [3.8, 4) is 0 Å². The van der Waals surface area contributed by atoms with Crippen molar-refractivity contribution in [1.29, 1.82) is 0 Å². The van der Waals surface area contributed by atoms with E-state index in [1.165, 1.54) is 6.42 Å². The minimum atomic E-state index is -0.558. The van der Waals surface area contributed by atoms with Crippen LogP contribution in [0.25, 0.3) is 0 Å². The van der Waals surface area contributed by atoms with Crippen LogP contribution in [0.4, 0.5) is 0 Å². The quantitative estimate of drug-likeness (QED) is 0.726. The average molecular weight is 210 g/mol. The van der Waals surface area contributed by atoms with Crippen molar-refractivity contribution >= 4 is 5.91 Å². The summed E-state index contributed by atoms with van der Waals surface area (Å²) in [6, 6.07) is 0.398. The highest BCUT2D eigenvalue weighted by Crippen LogP contribution is 2.29. The van der Waals surface area contributed by atoms with Crippen LogP contribution < -0.4 is 11.1 Å². The van der Waals surface area contributed by atoms with Gasteiger partial charge in [0, 0.05) is 6.04 Å². The molecule has 2 fully saturated rings. The maximum Gasteiger partial charge on any atom is 0.240 e. The Kier molecular flexibility index (Phi) is 3.01. The Morgan fingerprint density at radius 3 is 2.40 bits per heavy atom. The van der Waals surface area contributed by atoms with E-state index in [0.29, 0.717) is 6.04 Å². The molecule has 0 aromatic rings. The van der Waals surface area contributed by atoms with E-state index in [2.05, 4.69) is 12.2 Å². The monoisotopic (exact) mass is 210 g/mol. The number of amides is 1. The maximum atomic E-state index is 12.0.